The molecular weight excluding hydrogens is 583 g/mol. The first-order valence-corrected chi connectivity index (χ1v) is 12.6. The summed E-state index contributed by atoms with van der Waals surface area (Å²) >= 11 is 2.00. The highest BCUT2D eigenvalue weighted by atomic mass is 127. The molecule has 36 heavy (non-hydrogen) atoms. The maximum Gasteiger partial charge on any atom is 0.247 e. The van der Waals surface area contributed by atoms with Crippen LogP contribution >= 0.6 is 22.6 Å². The highest BCUT2D eigenvalue weighted by molar-refractivity contribution is 14.1. The lowest BCUT2D eigenvalue weighted by molar-refractivity contribution is -0.139. The molecule has 0 spiro atoms. The van der Waals surface area contributed by atoms with Crippen molar-refractivity contribution >= 4 is 40.7 Å². The van der Waals surface area contributed by atoms with Gasteiger partial charge in [-0.3, -0.25) is 14.4 Å². The number of amides is 2. The van der Waals surface area contributed by atoms with Crippen LogP contribution < -0.4 is 14.8 Å². The summed E-state index contributed by atoms with van der Waals surface area (Å²) in [4.78, 5) is 38.7. The fourth-order valence-electron chi connectivity index (χ4n) is 3.87. The lowest BCUT2D eigenvalue weighted by Crippen LogP contribution is -2.55. The number of benzene rings is 1. The first kappa shape index (κ1) is 29.7. The second-order valence-corrected chi connectivity index (χ2v) is 9.24. The number of allylic oxidation sites excluding steroid dienone is 1. The van der Waals surface area contributed by atoms with E-state index in [1.807, 2.05) is 22.6 Å². The normalized spacial score (nSPS) is 19.1. The number of nitrogens with one attached hydrogen (secondary N) is 1. The highest BCUT2D eigenvalue weighted by Gasteiger charge is 2.40. The number of methoxy groups -OCH3 is 2. The largest absolute Gasteiger partial charge is 0.493 e. The van der Waals surface area contributed by atoms with Crippen molar-refractivity contribution < 1.29 is 38.8 Å². The zero-order valence-electron chi connectivity index (χ0n) is 20.4. The number of aliphatic hydroxyl groups excluding tert-OH is 2. The number of aldehydes is 1. The van der Waals surface area contributed by atoms with Crippen LogP contribution in [0.25, 0.3) is 0 Å². The Labute approximate surface area is 224 Å². The molecule has 0 fully saturated rings. The van der Waals surface area contributed by atoms with E-state index in [0.29, 0.717) is 33.2 Å². The molecule has 2 amide bonds. The Kier molecular flexibility index (Phi) is 12.3. The van der Waals surface area contributed by atoms with Crippen LogP contribution in [-0.2, 0) is 14.3 Å². The molecule has 0 bridgehead atoms. The van der Waals surface area contributed by atoms with Gasteiger partial charge in [0.15, 0.2) is 11.5 Å². The summed E-state index contributed by atoms with van der Waals surface area (Å²) in [5.41, 5.74) is 0.699. The van der Waals surface area contributed by atoms with Gasteiger partial charge < -0.3 is 34.6 Å². The average Bonchev–Trinajstić information content (AvgIpc) is 2.88. The SMILES string of the molecule is C=CCCC(=O)N(CCOC)[C@@H]1CC(C(=O)NCCO)=C[C@H](Oc2c(I)cc(C=O)cc2OC)[C@H]1O. The van der Waals surface area contributed by atoms with Gasteiger partial charge >= 0.3 is 0 Å². The Bertz CT molecular complexity index is 968. The predicted molar refractivity (Wildman–Crippen MR) is 141 cm³/mol. The molecule has 10 nitrogen and oxygen atoms in total. The molecule has 0 aromatic heterocycles. The topological polar surface area (TPSA) is 135 Å². The molecule has 2 rings (SSSR count). The van der Waals surface area contributed by atoms with E-state index < -0.39 is 24.2 Å². The molecule has 0 unspecified atom stereocenters. The van der Waals surface area contributed by atoms with Gasteiger partial charge in [0.1, 0.15) is 18.5 Å². The van der Waals surface area contributed by atoms with Crippen LogP contribution in [0.2, 0.25) is 0 Å². The van der Waals surface area contributed by atoms with Crippen molar-refractivity contribution in [2.75, 3.05) is 40.5 Å². The van der Waals surface area contributed by atoms with E-state index in [0.717, 1.165) is 0 Å². The predicted octanol–water partition coefficient (Wildman–Crippen LogP) is 1.47. The third-order valence-electron chi connectivity index (χ3n) is 5.68. The van der Waals surface area contributed by atoms with Crippen LogP contribution in [0, 0.1) is 3.57 Å². The minimum atomic E-state index is -1.19. The number of halogens is 1. The summed E-state index contributed by atoms with van der Waals surface area (Å²) in [5, 5.41) is 23.1. The molecule has 1 aromatic carbocycles. The second-order valence-electron chi connectivity index (χ2n) is 8.08. The van der Waals surface area contributed by atoms with Gasteiger partial charge in [-0.05, 0) is 47.2 Å². The van der Waals surface area contributed by atoms with Gasteiger partial charge in [0.25, 0.3) is 0 Å². The van der Waals surface area contributed by atoms with Crippen molar-refractivity contribution in [3.63, 3.8) is 0 Å². The minimum absolute atomic E-state index is 0.0550. The van der Waals surface area contributed by atoms with Crippen LogP contribution in [0.15, 0.2) is 36.4 Å². The Balaban J connectivity index is 2.48. The lowest BCUT2D eigenvalue weighted by Gasteiger charge is -2.40. The fourth-order valence-corrected chi connectivity index (χ4v) is 4.62. The molecule has 1 aromatic rings. The Hall–Kier alpha value is -2.48. The highest BCUT2D eigenvalue weighted by Crippen LogP contribution is 2.37. The van der Waals surface area contributed by atoms with Crippen LogP contribution in [0.5, 0.6) is 11.5 Å². The molecule has 0 saturated heterocycles. The number of carbonyl (C=O) groups is 3. The number of aliphatic hydroxyl groups is 2. The van der Waals surface area contributed by atoms with Crippen LogP contribution in [0.3, 0.4) is 0 Å². The molecule has 3 N–H and O–H groups in total. The van der Waals surface area contributed by atoms with Crippen LogP contribution in [-0.4, -0.2) is 92.0 Å². The maximum absolute atomic E-state index is 13.1. The summed E-state index contributed by atoms with van der Waals surface area (Å²) in [7, 11) is 2.95. The number of nitrogens with zero attached hydrogens (tertiary/aromatic N) is 1. The Morgan fingerprint density at radius 3 is 2.69 bits per heavy atom. The van der Waals surface area contributed by atoms with Gasteiger partial charge in [0.2, 0.25) is 11.8 Å². The summed E-state index contributed by atoms with van der Waals surface area (Å²) < 4.78 is 17.3. The molecule has 0 saturated carbocycles. The zero-order chi connectivity index (χ0) is 26.7. The van der Waals surface area contributed by atoms with Gasteiger partial charge in [-0.1, -0.05) is 6.08 Å². The van der Waals surface area contributed by atoms with E-state index in [9.17, 15) is 19.5 Å². The van der Waals surface area contributed by atoms with E-state index in [1.54, 1.807) is 12.1 Å². The van der Waals surface area contributed by atoms with Crippen molar-refractivity contribution in [2.24, 2.45) is 0 Å². The molecule has 0 aliphatic heterocycles. The third-order valence-corrected chi connectivity index (χ3v) is 6.48. The van der Waals surface area contributed by atoms with E-state index in [4.69, 9.17) is 19.3 Å². The number of rotatable bonds is 14. The smallest absolute Gasteiger partial charge is 0.247 e. The summed E-state index contributed by atoms with van der Waals surface area (Å²) in [6.45, 7) is 3.93. The number of hydrogen-bond donors (Lipinski definition) is 3. The fraction of sp³-hybridized carbons (Fsp3) is 0.480. The standard InChI is InChI=1S/C25H33IN2O8/c1-4-5-6-22(31)28(8-10-34-2)19-13-17(25(33)27-7-9-29)14-20(23(19)32)36-24-18(26)11-16(15-30)12-21(24)35-3/h4,11-12,14-15,19-20,23,29,32H,1,5-10,13H2,2-3H3,(H,27,33)/t19-,20+,23+/m1/s1. The van der Waals surface area contributed by atoms with Gasteiger partial charge in [-0.2, -0.15) is 0 Å². The van der Waals surface area contributed by atoms with Crippen molar-refractivity contribution in [1.82, 2.24) is 10.2 Å². The molecule has 1 aliphatic carbocycles. The summed E-state index contributed by atoms with van der Waals surface area (Å²) in [5.74, 6) is -0.0653. The first-order valence-electron chi connectivity index (χ1n) is 11.5. The molecule has 0 heterocycles. The van der Waals surface area contributed by atoms with Crippen molar-refractivity contribution in [1.29, 1.82) is 0 Å². The van der Waals surface area contributed by atoms with E-state index >= 15 is 0 Å². The molecule has 11 heteroatoms. The van der Waals surface area contributed by atoms with Gasteiger partial charge in [-0.15, -0.1) is 6.58 Å². The third kappa shape index (κ3) is 7.76. The molecule has 1 aliphatic rings. The molecule has 3 atom stereocenters. The molecule has 0 radical (unpaired) electrons. The minimum Gasteiger partial charge on any atom is -0.493 e. The summed E-state index contributed by atoms with van der Waals surface area (Å²) in [6.07, 6.45) is 2.38. The first-order chi connectivity index (χ1) is 17.3. The quantitative estimate of drug-likeness (QED) is 0.163. The Morgan fingerprint density at radius 1 is 1.33 bits per heavy atom. The Morgan fingerprint density at radius 2 is 2.08 bits per heavy atom. The zero-order valence-corrected chi connectivity index (χ0v) is 22.6. The number of ether oxygens (including phenoxy) is 3. The van der Waals surface area contributed by atoms with Crippen molar-refractivity contribution in [3.05, 3.63) is 45.6 Å². The lowest BCUT2D eigenvalue weighted by atomic mass is 9.88. The van der Waals surface area contributed by atoms with Crippen LogP contribution in [0.4, 0.5) is 0 Å². The van der Waals surface area contributed by atoms with Gasteiger partial charge in [-0.25, -0.2) is 0 Å². The number of hydrogen-bond acceptors (Lipinski definition) is 8. The second kappa shape index (κ2) is 14.9. The monoisotopic (exact) mass is 616 g/mol. The van der Waals surface area contributed by atoms with E-state index in [2.05, 4.69) is 11.9 Å². The van der Waals surface area contributed by atoms with Gasteiger partial charge in [0.05, 0.1) is 29.9 Å². The summed E-state index contributed by atoms with van der Waals surface area (Å²) in [6, 6.07) is 2.35. The molecule has 198 valence electrons. The van der Waals surface area contributed by atoms with Crippen molar-refractivity contribution in [3.8, 4) is 11.5 Å². The van der Waals surface area contributed by atoms with Gasteiger partial charge in [0, 0.05) is 44.2 Å². The maximum atomic E-state index is 13.1. The number of carbonyl (C=O) groups excluding carboxylic acids is 3. The van der Waals surface area contributed by atoms with Crippen LogP contribution in [0.1, 0.15) is 29.6 Å². The van der Waals surface area contributed by atoms with E-state index in [1.165, 1.54) is 31.3 Å². The van der Waals surface area contributed by atoms with E-state index in [-0.39, 0.29) is 50.8 Å². The average molecular weight is 616 g/mol. The molecular formula is C25H33IN2O8. The van der Waals surface area contributed by atoms with Crippen molar-refractivity contribution in [2.45, 2.75) is 37.5 Å².